The van der Waals surface area contributed by atoms with Gasteiger partial charge in [-0.1, -0.05) is 46.2 Å². The van der Waals surface area contributed by atoms with Gasteiger partial charge < -0.3 is 4.98 Å². The van der Waals surface area contributed by atoms with Gasteiger partial charge in [0.05, 0.1) is 17.1 Å². The summed E-state index contributed by atoms with van der Waals surface area (Å²) in [5.74, 6) is 1.66. The van der Waals surface area contributed by atoms with Crippen LogP contribution in [0.25, 0.3) is 11.0 Å². The fraction of sp³-hybridized carbons (Fsp3) is 0.588. The first kappa shape index (κ1) is 15.0. The number of aromatic amines is 1. The molecule has 0 aliphatic carbocycles. The van der Waals surface area contributed by atoms with Crippen LogP contribution >= 0.6 is 0 Å². The van der Waals surface area contributed by atoms with Crippen LogP contribution in [-0.4, -0.2) is 28.0 Å². The van der Waals surface area contributed by atoms with E-state index in [2.05, 4.69) is 55.8 Å². The predicted octanol–water partition coefficient (Wildman–Crippen LogP) is 4.38. The van der Waals surface area contributed by atoms with Gasteiger partial charge in [0.15, 0.2) is 0 Å². The first-order valence-electron chi connectivity index (χ1n) is 7.86. The number of fused-ring (bicyclic) bond motifs is 1. The minimum Gasteiger partial charge on any atom is -0.341 e. The molecule has 0 bridgehead atoms. The van der Waals surface area contributed by atoms with Crippen LogP contribution in [0.15, 0.2) is 24.3 Å². The van der Waals surface area contributed by atoms with Gasteiger partial charge in [0, 0.05) is 0 Å². The van der Waals surface area contributed by atoms with Crippen molar-refractivity contribution >= 4 is 11.0 Å². The van der Waals surface area contributed by atoms with Crippen molar-refractivity contribution in [3.63, 3.8) is 0 Å². The normalized spacial score (nSPS) is 13.5. The van der Waals surface area contributed by atoms with Crippen molar-refractivity contribution in [2.45, 2.75) is 46.6 Å². The van der Waals surface area contributed by atoms with Crippen molar-refractivity contribution in [3.8, 4) is 0 Å². The molecule has 1 N–H and O–H groups in total. The Hall–Kier alpha value is -1.35. The number of unbranched alkanes of at least 4 members (excludes halogenated alkanes) is 1. The molecule has 0 saturated carbocycles. The minimum atomic E-state index is 0.374. The van der Waals surface area contributed by atoms with Gasteiger partial charge in [0.1, 0.15) is 5.82 Å². The highest BCUT2D eigenvalue weighted by Crippen LogP contribution is 2.28. The number of imidazole rings is 1. The number of aromatic nitrogens is 2. The van der Waals surface area contributed by atoms with Crippen LogP contribution in [0.2, 0.25) is 0 Å². The summed E-state index contributed by atoms with van der Waals surface area (Å²) >= 11 is 0. The number of rotatable bonds is 7. The summed E-state index contributed by atoms with van der Waals surface area (Å²) in [6.45, 7) is 11.3. The van der Waals surface area contributed by atoms with Crippen molar-refractivity contribution in [2.24, 2.45) is 5.92 Å². The van der Waals surface area contributed by atoms with E-state index in [-0.39, 0.29) is 0 Å². The zero-order chi connectivity index (χ0) is 14.5. The van der Waals surface area contributed by atoms with Gasteiger partial charge in [0.25, 0.3) is 0 Å². The summed E-state index contributed by atoms with van der Waals surface area (Å²) in [5, 5.41) is 0. The first-order chi connectivity index (χ1) is 9.67. The second kappa shape index (κ2) is 6.89. The zero-order valence-corrected chi connectivity index (χ0v) is 13.2. The quantitative estimate of drug-likeness (QED) is 0.811. The topological polar surface area (TPSA) is 31.9 Å². The number of hydrogen-bond donors (Lipinski definition) is 1. The third-order valence-electron chi connectivity index (χ3n) is 3.92. The van der Waals surface area contributed by atoms with Gasteiger partial charge in [-0.2, -0.15) is 0 Å². The molecule has 1 atom stereocenters. The highest BCUT2D eigenvalue weighted by atomic mass is 15.2. The maximum Gasteiger partial charge on any atom is 0.124 e. The van der Waals surface area contributed by atoms with E-state index in [1.54, 1.807) is 0 Å². The second-order valence-corrected chi connectivity index (χ2v) is 5.81. The summed E-state index contributed by atoms with van der Waals surface area (Å²) in [4.78, 5) is 10.9. The SMILES string of the molecule is CCCCN(CC)C(c1nc2ccccc2[nH]1)C(C)C. The molecule has 1 unspecified atom stereocenters. The Morgan fingerprint density at radius 2 is 1.95 bits per heavy atom. The van der Waals surface area contributed by atoms with Crippen molar-refractivity contribution in [1.82, 2.24) is 14.9 Å². The standard InChI is InChI=1S/C17H27N3/c1-5-7-12-20(6-2)16(13(3)4)17-18-14-10-8-9-11-15(14)19-17/h8-11,13,16H,5-7,12H2,1-4H3,(H,18,19). The number of nitrogens with zero attached hydrogens (tertiary/aromatic N) is 2. The van der Waals surface area contributed by atoms with Crippen LogP contribution < -0.4 is 0 Å². The lowest BCUT2D eigenvalue weighted by Crippen LogP contribution is -2.33. The van der Waals surface area contributed by atoms with E-state index in [4.69, 9.17) is 4.98 Å². The molecule has 0 spiro atoms. The molecule has 0 aliphatic heterocycles. The molecular weight excluding hydrogens is 246 g/mol. The molecule has 0 saturated heterocycles. The van der Waals surface area contributed by atoms with Crippen molar-refractivity contribution in [1.29, 1.82) is 0 Å². The van der Waals surface area contributed by atoms with Gasteiger partial charge >= 0.3 is 0 Å². The Morgan fingerprint density at radius 3 is 2.55 bits per heavy atom. The lowest BCUT2D eigenvalue weighted by Gasteiger charge is -2.32. The van der Waals surface area contributed by atoms with Crippen LogP contribution in [-0.2, 0) is 0 Å². The molecule has 1 aromatic heterocycles. The monoisotopic (exact) mass is 273 g/mol. The fourth-order valence-corrected chi connectivity index (χ4v) is 2.88. The number of H-pyrrole nitrogens is 1. The Bertz CT molecular complexity index is 497. The average Bonchev–Trinajstić information content (AvgIpc) is 2.85. The maximum atomic E-state index is 4.81. The molecule has 3 heteroatoms. The first-order valence-corrected chi connectivity index (χ1v) is 7.86. The average molecular weight is 273 g/mol. The molecule has 20 heavy (non-hydrogen) atoms. The predicted molar refractivity (Wildman–Crippen MR) is 85.8 cm³/mol. The van der Waals surface area contributed by atoms with Gasteiger partial charge in [-0.3, -0.25) is 4.90 Å². The third-order valence-corrected chi connectivity index (χ3v) is 3.92. The zero-order valence-electron chi connectivity index (χ0n) is 13.2. The molecule has 1 aromatic carbocycles. The number of para-hydroxylation sites is 2. The lowest BCUT2D eigenvalue weighted by atomic mass is 10.0. The van der Waals surface area contributed by atoms with Gasteiger partial charge in [-0.25, -0.2) is 4.98 Å². The third kappa shape index (κ3) is 3.21. The molecule has 0 amide bonds. The molecule has 0 fully saturated rings. The molecule has 3 nitrogen and oxygen atoms in total. The van der Waals surface area contributed by atoms with E-state index >= 15 is 0 Å². The Balaban J connectivity index is 2.31. The van der Waals surface area contributed by atoms with Crippen LogP contribution in [0.4, 0.5) is 0 Å². The summed E-state index contributed by atoms with van der Waals surface area (Å²) < 4.78 is 0. The summed E-state index contributed by atoms with van der Waals surface area (Å²) in [7, 11) is 0. The largest absolute Gasteiger partial charge is 0.341 e. The molecule has 0 radical (unpaired) electrons. The molecule has 0 aliphatic rings. The molecule has 110 valence electrons. The van der Waals surface area contributed by atoms with E-state index in [9.17, 15) is 0 Å². The van der Waals surface area contributed by atoms with E-state index in [1.807, 2.05) is 6.07 Å². The van der Waals surface area contributed by atoms with Gasteiger partial charge in [-0.15, -0.1) is 0 Å². The van der Waals surface area contributed by atoms with Crippen LogP contribution in [0.5, 0.6) is 0 Å². The lowest BCUT2D eigenvalue weighted by molar-refractivity contribution is 0.154. The smallest absolute Gasteiger partial charge is 0.124 e. The van der Waals surface area contributed by atoms with E-state index in [1.165, 1.54) is 12.8 Å². The number of nitrogens with one attached hydrogen (secondary N) is 1. The fourth-order valence-electron chi connectivity index (χ4n) is 2.88. The van der Waals surface area contributed by atoms with Crippen molar-refractivity contribution in [2.75, 3.05) is 13.1 Å². The highest BCUT2D eigenvalue weighted by molar-refractivity contribution is 5.74. The van der Waals surface area contributed by atoms with Crippen molar-refractivity contribution in [3.05, 3.63) is 30.1 Å². The van der Waals surface area contributed by atoms with Gasteiger partial charge in [-0.05, 0) is 37.6 Å². The number of hydrogen-bond acceptors (Lipinski definition) is 2. The van der Waals surface area contributed by atoms with E-state index in [0.717, 1.165) is 29.9 Å². The molecule has 2 rings (SSSR count). The minimum absolute atomic E-state index is 0.374. The van der Waals surface area contributed by atoms with Crippen LogP contribution in [0, 0.1) is 5.92 Å². The Kier molecular flexibility index (Phi) is 5.18. The molecule has 1 heterocycles. The number of benzene rings is 1. The van der Waals surface area contributed by atoms with Crippen molar-refractivity contribution < 1.29 is 0 Å². The van der Waals surface area contributed by atoms with E-state index < -0.39 is 0 Å². The summed E-state index contributed by atoms with van der Waals surface area (Å²) in [5.41, 5.74) is 2.21. The van der Waals surface area contributed by atoms with Gasteiger partial charge in [0.2, 0.25) is 0 Å². The Labute approximate surface area is 122 Å². The Morgan fingerprint density at radius 1 is 1.20 bits per heavy atom. The van der Waals surface area contributed by atoms with E-state index in [0.29, 0.717) is 12.0 Å². The summed E-state index contributed by atoms with van der Waals surface area (Å²) in [6, 6.07) is 8.66. The highest BCUT2D eigenvalue weighted by Gasteiger charge is 2.25. The molecule has 2 aromatic rings. The summed E-state index contributed by atoms with van der Waals surface area (Å²) in [6.07, 6.45) is 2.48. The van der Waals surface area contributed by atoms with Crippen LogP contribution in [0.1, 0.15) is 52.4 Å². The molecular formula is C17H27N3. The maximum absolute atomic E-state index is 4.81. The van der Waals surface area contributed by atoms with Crippen LogP contribution in [0.3, 0.4) is 0 Å². The second-order valence-electron chi connectivity index (χ2n) is 5.81.